The van der Waals surface area contributed by atoms with Gasteiger partial charge < -0.3 is 26.2 Å². The van der Waals surface area contributed by atoms with Gasteiger partial charge in [0.1, 0.15) is 22.9 Å². The molecule has 36 heavy (non-hydrogen) atoms. The number of rotatable bonds is 7. The maximum absolute atomic E-state index is 14.0. The molecule has 9 heteroatoms. The van der Waals surface area contributed by atoms with E-state index in [-0.39, 0.29) is 46.8 Å². The summed E-state index contributed by atoms with van der Waals surface area (Å²) in [5, 5.41) is 45.2. The monoisotopic (exact) mass is 516 g/mol. The van der Waals surface area contributed by atoms with Crippen LogP contribution in [0.3, 0.4) is 0 Å². The number of fused-ring (bicyclic) bond motifs is 3. The highest BCUT2D eigenvalue weighted by Gasteiger charge is 2.58. The number of hydrogen-bond acceptors (Lipinski definition) is 7. The highest BCUT2D eigenvalue weighted by molar-refractivity contribution is 6.32. The minimum Gasteiger partial charge on any atom is -0.512 e. The van der Waals surface area contributed by atoms with Crippen LogP contribution in [0.15, 0.2) is 35.6 Å². The molecule has 3 aliphatic carbocycles. The Hall–Kier alpha value is -2.81. The van der Waals surface area contributed by atoms with Crippen molar-refractivity contribution in [1.29, 1.82) is 0 Å². The Balaban J connectivity index is 1.85. The SMILES string of the molecule is C=CCN(C)Cc1cc(Cl)c2c(c1O)C(O)=C1C(=O)C3C(CC(O)=C(C(N)=O)C3(O)CCC)CC1C2. The van der Waals surface area contributed by atoms with E-state index >= 15 is 0 Å². The number of aromatic hydroxyl groups is 1. The number of halogens is 1. The Labute approximate surface area is 215 Å². The van der Waals surface area contributed by atoms with Gasteiger partial charge in [-0.25, -0.2) is 0 Å². The second kappa shape index (κ2) is 9.57. The Kier molecular flexibility index (Phi) is 6.98. The number of carbonyl (C=O) groups is 2. The molecule has 1 saturated carbocycles. The summed E-state index contributed by atoms with van der Waals surface area (Å²) in [4.78, 5) is 28.1. The van der Waals surface area contributed by atoms with Crippen molar-refractivity contribution in [2.75, 3.05) is 13.6 Å². The number of likely N-dealkylation sites (N-methyl/N-ethyl adjacent to an activating group) is 1. The zero-order valence-corrected chi connectivity index (χ0v) is 21.3. The van der Waals surface area contributed by atoms with Gasteiger partial charge in [0.05, 0.1) is 17.1 Å². The van der Waals surface area contributed by atoms with Gasteiger partial charge in [-0.3, -0.25) is 14.5 Å². The van der Waals surface area contributed by atoms with Gasteiger partial charge in [-0.05, 0) is 49.8 Å². The molecule has 3 aliphatic rings. The first-order chi connectivity index (χ1) is 17.0. The zero-order valence-electron chi connectivity index (χ0n) is 20.6. The number of amides is 1. The van der Waals surface area contributed by atoms with Crippen LogP contribution < -0.4 is 5.73 Å². The van der Waals surface area contributed by atoms with Crippen molar-refractivity contribution in [2.24, 2.45) is 23.5 Å². The van der Waals surface area contributed by atoms with Gasteiger partial charge in [0.25, 0.3) is 5.91 Å². The van der Waals surface area contributed by atoms with Crippen LogP contribution in [0, 0.1) is 17.8 Å². The van der Waals surface area contributed by atoms with Gasteiger partial charge in [0, 0.05) is 35.7 Å². The molecular formula is C27H33ClN2O6. The molecule has 4 atom stereocenters. The fourth-order valence-electron chi connectivity index (χ4n) is 6.54. The Bertz CT molecular complexity index is 1210. The number of primary amides is 1. The molecule has 4 unspecified atom stereocenters. The fourth-order valence-corrected chi connectivity index (χ4v) is 6.85. The summed E-state index contributed by atoms with van der Waals surface area (Å²) < 4.78 is 0. The third kappa shape index (κ3) is 4.01. The molecule has 1 aromatic rings. The molecule has 0 radical (unpaired) electrons. The van der Waals surface area contributed by atoms with Crippen molar-refractivity contribution >= 4 is 29.1 Å². The number of Topliss-reactive ketones (excluding diaryl/α,β-unsaturated/α-hetero) is 1. The number of carbonyl (C=O) groups excluding carboxylic acids is 2. The second-order valence-corrected chi connectivity index (χ2v) is 10.7. The predicted molar refractivity (Wildman–Crippen MR) is 136 cm³/mol. The molecule has 0 bridgehead atoms. The van der Waals surface area contributed by atoms with Crippen molar-refractivity contribution in [2.45, 2.75) is 51.2 Å². The van der Waals surface area contributed by atoms with Gasteiger partial charge >= 0.3 is 0 Å². The first-order valence-electron chi connectivity index (χ1n) is 12.2. The van der Waals surface area contributed by atoms with Gasteiger partial charge in [0.15, 0.2) is 5.78 Å². The molecule has 0 spiro atoms. The molecule has 0 aromatic heterocycles. The van der Waals surface area contributed by atoms with Crippen LogP contribution >= 0.6 is 11.6 Å². The number of nitrogens with two attached hydrogens (primary N) is 1. The third-order valence-electron chi connectivity index (χ3n) is 7.84. The summed E-state index contributed by atoms with van der Waals surface area (Å²) in [6.07, 6.45) is 2.95. The molecule has 4 rings (SSSR count). The Morgan fingerprint density at radius 3 is 2.64 bits per heavy atom. The lowest BCUT2D eigenvalue weighted by Crippen LogP contribution is -2.57. The van der Waals surface area contributed by atoms with Crippen LogP contribution in [0.4, 0.5) is 0 Å². The van der Waals surface area contributed by atoms with Gasteiger partial charge in [-0.15, -0.1) is 6.58 Å². The van der Waals surface area contributed by atoms with Crippen molar-refractivity contribution < 1.29 is 30.0 Å². The van der Waals surface area contributed by atoms with E-state index in [0.717, 1.165) is 0 Å². The summed E-state index contributed by atoms with van der Waals surface area (Å²) in [6.45, 7) is 6.43. The minimum atomic E-state index is -1.95. The quantitative estimate of drug-likeness (QED) is 0.348. The number of ketones is 1. The van der Waals surface area contributed by atoms with Crippen molar-refractivity contribution in [1.82, 2.24) is 4.90 Å². The number of nitrogens with zero attached hydrogens (tertiary/aromatic N) is 1. The maximum Gasteiger partial charge on any atom is 0.250 e. The van der Waals surface area contributed by atoms with E-state index in [1.807, 2.05) is 11.9 Å². The number of aliphatic hydroxyl groups excluding tert-OH is 2. The standard InChI is InChI=1S/C27H33ClN2O6/c1-4-6-27(36)21-14(11-18(31)22(27)26(29)35)8-13-9-16-17(28)10-15(12-30(3)7-5-2)23(32)20(16)24(33)19(13)25(21)34/h5,10,13-14,21,31-33,36H,2,4,6-9,11-12H2,1,3H3,(H2,29,35). The number of phenolic OH excluding ortho intramolecular Hbond substituents is 1. The highest BCUT2D eigenvalue weighted by Crippen LogP contribution is 2.55. The lowest BCUT2D eigenvalue weighted by molar-refractivity contribution is -0.138. The van der Waals surface area contributed by atoms with Crippen LogP contribution in [-0.4, -0.2) is 56.2 Å². The van der Waals surface area contributed by atoms with Crippen LogP contribution in [0.1, 0.15) is 49.3 Å². The Morgan fingerprint density at radius 2 is 2.03 bits per heavy atom. The first-order valence-corrected chi connectivity index (χ1v) is 12.6. The third-order valence-corrected chi connectivity index (χ3v) is 8.18. The molecule has 0 heterocycles. The normalized spacial score (nSPS) is 27.6. The summed E-state index contributed by atoms with van der Waals surface area (Å²) in [5.74, 6) is -4.16. The van der Waals surface area contributed by atoms with E-state index < -0.39 is 35.0 Å². The van der Waals surface area contributed by atoms with Crippen molar-refractivity contribution in [3.8, 4) is 5.75 Å². The van der Waals surface area contributed by atoms with Gasteiger partial charge in [-0.2, -0.15) is 0 Å². The Morgan fingerprint density at radius 1 is 1.33 bits per heavy atom. The number of benzene rings is 1. The van der Waals surface area contributed by atoms with Crippen molar-refractivity contribution in [3.63, 3.8) is 0 Å². The molecule has 0 aliphatic heterocycles. The summed E-state index contributed by atoms with van der Waals surface area (Å²) >= 11 is 6.61. The molecule has 1 amide bonds. The van der Waals surface area contributed by atoms with Crippen LogP contribution in [0.5, 0.6) is 5.75 Å². The van der Waals surface area contributed by atoms with E-state index in [2.05, 4.69) is 6.58 Å². The topological polar surface area (TPSA) is 144 Å². The number of aliphatic hydroxyl groups is 3. The van der Waals surface area contributed by atoms with E-state index in [1.165, 1.54) is 0 Å². The number of hydrogen-bond donors (Lipinski definition) is 5. The van der Waals surface area contributed by atoms with Crippen LogP contribution in [-0.2, 0) is 22.6 Å². The summed E-state index contributed by atoms with van der Waals surface area (Å²) in [6, 6.07) is 1.68. The number of phenols is 1. The van der Waals surface area contributed by atoms with Gasteiger partial charge in [0.2, 0.25) is 0 Å². The lowest BCUT2D eigenvalue weighted by atomic mass is 9.55. The smallest absolute Gasteiger partial charge is 0.250 e. The number of allylic oxidation sites excluding steroid dienone is 2. The lowest BCUT2D eigenvalue weighted by Gasteiger charge is -2.49. The molecule has 0 saturated heterocycles. The second-order valence-electron chi connectivity index (χ2n) is 10.3. The van der Waals surface area contributed by atoms with Crippen molar-refractivity contribution in [3.05, 3.63) is 57.3 Å². The fraction of sp³-hybridized carbons (Fsp3) is 0.481. The van der Waals surface area contributed by atoms with E-state index in [1.54, 1.807) is 19.1 Å². The molecular weight excluding hydrogens is 484 g/mol. The van der Waals surface area contributed by atoms with E-state index in [9.17, 15) is 30.0 Å². The van der Waals surface area contributed by atoms with Crippen LogP contribution in [0.2, 0.25) is 5.02 Å². The summed E-state index contributed by atoms with van der Waals surface area (Å²) in [5.41, 5.74) is 4.55. The molecule has 194 valence electrons. The largest absolute Gasteiger partial charge is 0.512 e. The summed E-state index contributed by atoms with van der Waals surface area (Å²) in [7, 11) is 1.85. The average molecular weight is 517 g/mol. The predicted octanol–water partition coefficient (Wildman–Crippen LogP) is 3.54. The average Bonchev–Trinajstić information content (AvgIpc) is 2.76. The van der Waals surface area contributed by atoms with Gasteiger partial charge in [-0.1, -0.05) is 31.0 Å². The molecule has 8 nitrogen and oxygen atoms in total. The molecule has 1 aromatic carbocycles. The molecule has 1 fully saturated rings. The van der Waals surface area contributed by atoms with E-state index in [0.29, 0.717) is 48.5 Å². The molecule has 6 N–H and O–H groups in total. The maximum atomic E-state index is 14.0. The van der Waals surface area contributed by atoms with Crippen LogP contribution in [0.25, 0.3) is 5.76 Å². The zero-order chi connectivity index (χ0) is 26.5. The first kappa shape index (κ1) is 26.3. The van der Waals surface area contributed by atoms with E-state index in [4.69, 9.17) is 17.3 Å². The highest BCUT2D eigenvalue weighted by atomic mass is 35.5. The minimum absolute atomic E-state index is 0.0334.